The fourth-order valence-electron chi connectivity index (χ4n) is 1.09. The summed E-state index contributed by atoms with van der Waals surface area (Å²) < 4.78 is 1.50. The molecule has 6 heteroatoms. The Balaban J connectivity index is 2.81. The summed E-state index contributed by atoms with van der Waals surface area (Å²) in [7, 11) is 0. The molecule has 0 aliphatic carbocycles. The van der Waals surface area contributed by atoms with Gasteiger partial charge in [0.15, 0.2) is 5.69 Å². The fourth-order valence-corrected chi connectivity index (χ4v) is 1.09. The van der Waals surface area contributed by atoms with Crippen molar-refractivity contribution in [3.8, 4) is 0 Å². The summed E-state index contributed by atoms with van der Waals surface area (Å²) in [5, 5.41) is 0. The Morgan fingerprint density at radius 3 is 2.92 bits per heavy atom. The maximum absolute atomic E-state index is 10.8. The lowest BCUT2D eigenvalue weighted by molar-refractivity contribution is 0.0997. The highest BCUT2D eigenvalue weighted by atomic mass is 16.1. The highest BCUT2D eigenvalue weighted by Crippen LogP contribution is 2.11. The molecule has 13 heavy (non-hydrogen) atoms. The van der Waals surface area contributed by atoms with Gasteiger partial charge in [0.1, 0.15) is 5.82 Å². The number of anilines is 1. The van der Waals surface area contributed by atoms with Crippen LogP contribution in [0.15, 0.2) is 18.5 Å². The van der Waals surface area contributed by atoms with Gasteiger partial charge < -0.3 is 11.5 Å². The highest BCUT2D eigenvalue weighted by Gasteiger charge is 2.13. The second-order valence-electron chi connectivity index (χ2n) is 2.50. The summed E-state index contributed by atoms with van der Waals surface area (Å²) in [6, 6.07) is 1.69. The lowest BCUT2D eigenvalue weighted by atomic mass is 10.4. The predicted molar refractivity (Wildman–Crippen MR) is 45.9 cm³/mol. The van der Waals surface area contributed by atoms with E-state index in [0.29, 0.717) is 5.78 Å². The lowest BCUT2D eigenvalue weighted by Crippen LogP contribution is -2.13. The van der Waals surface area contributed by atoms with Crippen LogP contribution in [-0.2, 0) is 0 Å². The van der Waals surface area contributed by atoms with Gasteiger partial charge in [-0.2, -0.15) is 0 Å². The first-order valence-corrected chi connectivity index (χ1v) is 3.58. The summed E-state index contributed by atoms with van der Waals surface area (Å²) in [4.78, 5) is 18.6. The van der Waals surface area contributed by atoms with E-state index in [1.54, 1.807) is 18.5 Å². The summed E-state index contributed by atoms with van der Waals surface area (Å²) in [6.45, 7) is 0. The summed E-state index contributed by atoms with van der Waals surface area (Å²) in [5.74, 6) is -0.0626. The third-order valence-electron chi connectivity index (χ3n) is 1.67. The van der Waals surface area contributed by atoms with Crippen LogP contribution in [0.1, 0.15) is 10.5 Å². The molecule has 0 atom stereocenters. The van der Waals surface area contributed by atoms with Crippen LogP contribution in [0.2, 0.25) is 0 Å². The standard InChI is InChI=1S/C7H7N5O/c8-5-4(6(9)13)11-7-10-2-1-3-12(5)7/h1-3H,8H2,(H2,9,13). The average Bonchev–Trinajstić information content (AvgIpc) is 2.45. The molecule has 2 heterocycles. The van der Waals surface area contributed by atoms with Gasteiger partial charge >= 0.3 is 0 Å². The Morgan fingerprint density at radius 2 is 2.31 bits per heavy atom. The van der Waals surface area contributed by atoms with Gasteiger partial charge in [0.2, 0.25) is 5.78 Å². The Bertz CT molecular complexity index is 475. The summed E-state index contributed by atoms with van der Waals surface area (Å²) in [5.41, 5.74) is 10.7. The van der Waals surface area contributed by atoms with Crippen LogP contribution >= 0.6 is 0 Å². The second-order valence-corrected chi connectivity index (χ2v) is 2.50. The molecule has 0 aliphatic heterocycles. The molecule has 0 bridgehead atoms. The molecular formula is C7H7N5O. The fraction of sp³-hybridized carbons (Fsp3) is 0. The zero-order valence-electron chi connectivity index (χ0n) is 6.64. The minimum atomic E-state index is -0.650. The number of rotatable bonds is 1. The maximum atomic E-state index is 10.8. The van der Waals surface area contributed by atoms with Crippen molar-refractivity contribution >= 4 is 17.5 Å². The van der Waals surface area contributed by atoms with Crippen molar-refractivity contribution in [2.45, 2.75) is 0 Å². The Hall–Kier alpha value is -2.11. The lowest BCUT2D eigenvalue weighted by Gasteiger charge is -1.92. The Morgan fingerprint density at radius 1 is 1.54 bits per heavy atom. The summed E-state index contributed by atoms with van der Waals surface area (Å²) in [6.07, 6.45) is 3.23. The van der Waals surface area contributed by atoms with Crippen LogP contribution in [0.3, 0.4) is 0 Å². The van der Waals surface area contributed by atoms with Gasteiger partial charge in [-0.1, -0.05) is 0 Å². The van der Waals surface area contributed by atoms with Crippen LogP contribution in [0.25, 0.3) is 5.78 Å². The Labute approximate surface area is 73.2 Å². The molecule has 2 rings (SSSR count). The minimum Gasteiger partial charge on any atom is -0.383 e. The van der Waals surface area contributed by atoms with Crippen molar-refractivity contribution in [3.63, 3.8) is 0 Å². The molecule has 0 radical (unpaired) electrons. The number of hydrogen-bond donors (Lipinski definition) is 2. The van der Waals surface area contributed by atoms with Gasteiger partial charge in [0.05, 0.1) is 0 Å². The number of primary amides is 1. The highest BCUT2D eigenvalue weighted by molar-refractivity contribution is 5.96. The smallest absolute Gasteiger partial charge is 0.271 e. The van der Waals surface area contributed by atoms with Crippen LogP contribution in [0.5, 0.6) is 0 Å². The number of nitrogens with two attached hydrogens (primary N) is 2. The van der Waals surface area contributed by atoms with E-state index in [-0.39, 0.29) is 11.5 Å². The SMILES string of the molecule is NC(=O)c1nc2ncccn2c1N. The molecular weight excluding hydrogens is 170 g/mol. The first-order valence-electron chi connectivity index (χ1n) is 3.58. The number of nitrogens with zero attached hydrogens (tertiary/aromatic N) is 3. The zero-order valence-corrected chi connectivity index (χ0v) is 6.64. The van der Waals surface area contributed by atoms with Crippen molar-refractivity contribution in [3.05, 3.63) is 24.2 Å². The van der Waals surface area contributed by atoms with E-state index in [2.05, 4.69) is 9.97 Å². The number of carbonyl (C=O) groups is 1. The van der Waals surface area contributed by atoms with E-state index in [1.165, 1.54) is 4.40 Å². The number of carbonyl (C=O) groups excluding carboxylic acids is 1. The molecule has 2 aromatic heterocycles. The average molecular weight is 177 g/mol. The van der Waals surface area contributed by atoms with Crippen molar-refractivity contribution in [1.29, 1.82) is 0 Å². The van der Waals surface area contributed by atoms with Gasteiger partial charge in [-0.3, -0.25) is 9.20 Å². The molecule has 0 unspecified atom stereocenters. The summed E-state index contributed by atoms with van der Waals surface area (Å²) >= 11 is 0. The predicted octanol–water partition coefficient (Wildman–Crippen LogP) is -0.590. The van der Waals surface area contributed by atoms with Crippen molar-refractivity contribution in [1.82, 2.24) is 14.4 Å². The topological polar surface area (TPSA) is 99.3 Å². The van der Waals surface area contributed by atoms with Crippen LogP contribution < -0.4 is 11.5 Å². The third kappa shape index (κ3) is 0.994. The second kappa shape index (κ2) is 2.44. The van der Waals surface area contributed by atoms with E-state index in [1.807, 2.05) is 0 Å². The molecule has 1 amide bonds. The Kier molecular flexibility index (Phi) is 1.42. The number of aromatic nitrogens is 3. The zero-order chi connectivity index (χ0) is 9.42. The van der Waals surface area contributed by atoms with E-state index < -0.39 is 5.91 Å². The number of hydrogen-bond acceptors (Lipinski definition) is 4. The van der Waals surface area contributed by atoms with E-state index >= 15 is 0 Å². The van der Waals surface area contributed by atoms with Crippen molar-refractivity contribution < 1.29 is 4.79 Å². The first kappa shape index (κ1) is 7.53. The molecule has 0 aromatic carbocycles. The van der Waals surface area contributed by atoms with Crippen molar-refractivity contribution in [2.75, 3.05) is 5.73 Å². The van der Waals surface area contributed by atoms with E-state index in [0.717, 1.165) is 0 Å². The van der Waals surface area contributed by atoms with Crippen molar-refractivity contribution in [2.24, 2.45) is 5.73 Å². The van der Waals surface area contributed by atoms with E-state index in [4.69, 9.17) is 11.5 Å². The number of fused-ring (bicyclic) bond motifs is 1. The molecule has 0 spiro atoms. The molecule has 0 saturated carbocycles. The quantitative estimate of drug-likeness (QED) is 0.608. The monoisotopic (exact) mass is 177 g/mol. The molecule has 0 aliphatic rings. The largest absolute Gasteiger partial charge is 0.383 e. The molecule has 0 fully saturated rings. The first-order chi connectivity index (χ1) is 6.20. The third-order valence-corrected chi connectivity index (χ3v) is 1.67. The molecule has 6 nitrogen and oxygen atoms in total. The van der Waals surface area contributed by atoms with Gasteiger partial charge in [0, 0.05) is 12.4 Å². The van der Waals surface area contributed by atoms with Gasteiger partial charge in [-0.15, -0.1) is 0 Å². The molecule has 66 valence electrons. The van der Waals surface area contributed by atoms with Crippen LogP contribution in [-0.4, -0.2) is 20.3 Å². The van der Waals surface area contributed by atoms with Gasteiger partial charge in [0.25, 0.3) is 5.91 Å². The molecule has 0 saturated heterocycles. The molecule has 2 aromatic rings. The number of nitrogen functional groups attached to an aromatic ring is 1. The maximum Gasteiger partial charge on any atom is 0.271 e. The normalized spacial score (nSPS) is 10.5. The number of amides is 1. The van der Waals surface area contributed by atoms with Crippen LogP contribution in [0, 0.1) is 0 Å². The van der Waals surface area contributed by atoms with Crippen LogP contribution in [0.4, 0.5) is 5.82 Å². The molecule has 4 N–H and O–H groups in total. The van der Waals surface area contributed by atoms with Gasteiger partial charge in [-0.25, -0.2) is 9.97 Å². The number of imidazole rings is 1. The van der Waals surface area contributed by atoms with Gasteiger partial charge in [-0.05, 0) is 6.07 Å². The van der Waals surface area contributed by atoms with E-state index in [9.17, 15) is 4.79 Å². The minimum absolute atomic E-state index is 0.0544.